The first-order chi connectivity index (χ1) is 13.5. The molecule has 1 amide bonds. The number of amides is 1. The van der Waals surface area contributed by atoms with E-state index in [-0.39, 0.29) is 11.7 Å². The van der Waals surface area contributed by atoms with Crippen molar-refractivity contribution in [1.82, 2.24) is 5.43 Å². The van der Waals surface area contributed by atoms with Crippen molar-refractivity contribution < 1.29 is 9.90 Å². The topological polar surface area (TPSA) is 86.4 Å². The summed E-state index contributed by atoms with van der Waals surface area (Å²) < 4.78 is 0.790. The average molecular weight is 458 g/mol. The summed E-state index contributed by atoms with van der Waals surface area (Å²) in [6, 6.07) is 18.7. The quantitative estimate of drug-likeness (QED) is 0.280. The molecule has 3 rings (SSSR count). The number of nitrogens with one attached hydrogen (secondary N) is 1. The molecule has 0 fully saturated rings. The highest BCUT2D eigenvalue weighted by Gasteiger charge is 2.05. The van der Waals surface area contributed by atoms with Crippen molar-refractivity contribution in [2.24, 2.45) is 15.3 Å². The summed E-state index contributed by atoms with van der Waals surface area (Å²) in [7, 11) is 0. The number of aromatic hydroxyl groups is 1. The number of halogens is 2. The van der Waals surface area contributed by atoms with Gasteiger partial charge in [-0.05, 0) is 48.5 Å². The number of benzene rings is 3. The molecule has 6 nitrogen and oxygen atoms in total. The van der Waals surface area contributed by atoms with Crippen LogP contribution in [0.2, 0.25) is 5.02 Å². The van der Waals surface area contributed by atoms with Crippen LogP contribution in [-0.2, 0) is 0 Å². The maximum atomic E-state index is 12.1. The molecule has 0 aliphatic carbocycles. The van der Waals surface area contributed by atoms with E-state index in [0.717, 1.165) is 4.47 Å². The Morgan fingerprint density at radius 3 is 2.64 bits per heavy atom. The Bertz CT molecular complexity index is 1070. The highest BCUT2D eigenvalue weighted by atomic mass is 79.9. The van der Waals surface area contributed by atoms with Gasteiger partial charge in [-0.1, -0.05) is 45.7 Å². The largest absolute Gasteiger partial charge is 0.507 e. The summed E-state index contributed by atoms with van der Waals surface area (Å²) in [5.74, 6) is -0.372. The molecule has 0 aromatic heterocycles. The van der Waals surface area contributed by atoms with Gasteiger partial charge in [0.25, 0.3) is 5.91 Å². The molecule has 140 valence electrons. The van der Waals surface area contributed by atoms with Crippen LogP contribution in [0.5, 0.6) is 5.75 Å². The molecule has 3 aromatic carbocycles. The minimum atomic E-state index is -0.369. The summed E-state index contributed by atoms with van der Waals surface area (Å²) in [4.78, 5) is 12.1. The van der Waals surface area contributed by atoms with Gasteiger partial charge in [-0.15, -0.1) is 5.11 Å². The van der Waals surface area contributed by atoms with Crippen LogP contribution in [0.4, 0.5) is 11.4 Å². The first-order valence-corrected chi connectivity index (χ1v) is 9.28. The van der Waals surface area contributed by atoms with E-state index in [4.69, 9.17) is 11.6 Å². The number of hydrogen-bond donors (Lipinski definition) is 2. The molecule has 28 heavy (non-hydrogen) atoms. The highest BCUT2D eigenvalue weighted by molar-refractivity contribution is 9.10. The second kappa shape index (κ2) is 9.25. The lowest BCUT2D eigenvalue weighted by Crippen LogP contribution is -2.17. The van der Waals surface area contributed by atoms with Crippen LogP contribution in [0.3, 0.4) is 0 Å². The molecular weight excluding hydrogens is 444 g/mol. The van der Waals surface area contributed by atoms with Crippen molar-refractivity contribution in [3.8, 4) is 5.75 Å². The maximum absolute atomic E-state index is 12.1. The molecule has 0 unspecified atom stereocenters. The van der Waals surface area contributed by atoms with E-state index in [2.05, 4.69) is 36.7 Å². The van der Waals surface area contributed by atoms with E-state index in [9.17, 15) is 9.90 Å². The van der Waals surface area contributed by atoms with Gasteiger partial charge in [0.1, 0.15) is 11.4 Å². The predicted octanol–water partition coefficient (Wildman–Crippen LogP) is 5.99. The fraction of sp³-hybridized carbons (Fsp3) is 0. The SMILES string of the molecule is O=C(N/N=C\c1cc(N=Nc2ccccc2Cl)ccc1O)c1cccc(Br)c1. The monoisotopic (exact) mass is 456 g/mol. The number of hydrogen-bond acceptors (Lipinski definition) is 5. The van der Waals surface area contributed by atoms with Gasteiger partial charge < -0.3 is 5.11 Å². The Balaban J connectivity index is 1.72. The zero-order valence-electron chi connectivity index (χ0n) is 14.4. The summed E-state index contributed by atoms with van der Waals surface area (Å²) in [5, 5.41) is 22.6. The second-order valence-electron chi connectivity index (χ2n) is 5.60. The zero-order chi connectivity index (χ0) is 19.9. The minimum absolute atomic E-state index is 0.00264. The number of phenols is 1. The third-order valence-electron chi connectivity index (χ3n) is 3.59. The lowest BCUT2D eigenvalue weighted by molar-refractivity contribution is 0.0955. The van der Waals surface area contributed by atoms with Crippen molar-refractivity contribution >= 4 is 51.0 Å². The van der Waals surface area contributed by atoms with Gasteiger partial charge in [0.2, 0.25) is 0 Å². The van der Waals surface area contributed by atoms with Crippen LogP contribution >= 0.6 is 27.5 Å². The molecule has 0 saturated heterocycles. The fourth-order valence-corrected chi connectivity index (χ4v) is 2.78. The standard InChI is InChI=1S/C20H14BrClN4O2/c21-15-5-3-4-13(10-15)20(28)26-23-12-14-11-16(8-9-19(14)27)24-25-18-7-2-1-6-17(18)22/h1-12,27H,(H,26,28)/b23-12-,25-24?. The first kappa shape index (κ1) is 19.7. The molecule has 0 bridgehead atoms. The molecule has 3 aromatic rings. The van der Waals surface area contributed by atoms with E-state index in [1.165, 1.54) is 12.3 Å². The molecule has 0 atom stereocenters. The number of hydrazone groups is 1. The average Bonchev–Trinajstić information content (AvgIpc) is 2.69. The number of phenolic OH excluding ortho intramolecular Hbond substituents is 1. The van der Waals surface area contributed by atoms with E-state index < -0.39 is 0 Å². The van der Waals surface area contributed by atoms with Crippen molar-refractivity contribution in [2.45, 2.75) is 0 Å². The summed E-state index contributed by atoms with van der Waals surface area (Å²) in [5.41, 5.74) is 4.28. The number of azo groups is 1. The third kappa shape index (κ3) is 5.25. The van der Waals surface area contributed by atoms with Crippen LogP contribution in [0.1, 0.15) is 15.9 Å². The molecule has 0 heterocycles. The van der Waals surface area contributed by atoms with Gasteiger partial charge in [0.05, 0.1) is 16.9 Å². The summed E-state index contributed by atoms with van der Waals surface area (Å²) in [6.45, 7) is 0. The number of nitrogens with zero attached hydrogens (tertiary/aromatic N) is 3. The van der Waals surface area contributed by atoms with Crippen LogP contribution in [0.25, 0.3) is 0 Å². The van der Waals surface area contributed by atoms with Crippen molar-refractivity contribution in [2.75, 3.05) is 0 Å². The summed E-state index contributed by atoms with van der Waals surface area (Å²) in [6.07, 6.45) is 1.33. The van der Waals surface area contributed by atoms with Crippen molar-refractivity contribution in [3.63, 3.8) is 0 Å². The summed E-state index contributed by atoms with van der Waals surface area (Å²) >= 11 is 9.36. The van der Waals surface area contributed by atoms with Crippen molar-refractivity contribution in [3.05, 3.63) is 87.4 Å². The molecule has 8 heteroatoms. The van der Waals surface area contributed by atoms with Crippen LogP contribution in [0, 0.1) is 0 Å². The van der Waals surface area contributed by atoms with Crippen LogP contribution < -0.4 is 5.43 Å². The van der Waals surface area contributed by atoms with Gasteiger partial charge in [-0.2, -0.15) is 10.2 Å². The molecule has 0 aliphatic rings. The zero-order valence-corrected chi connectivity index (χ0v) is 16.7. The second-order valence-corrected chi connectivity index (χ2v) is 6.93. The Labute approximate surface area is 174 Å². The lowest BCUT2D eigenvalue weighted by atomic mass is 10.2. The normalized spacial score (nSPS) is 11.2. The van der Waals surface area contributed by atoms with Crippen molar-refractivity contribution in [1.29, 1.82) is 0 Å². The molecular formula is C20H14BrClN4O2. The predicted molar refractivity (Wildman–Crippen MR) is 113 cm³/mol. The van der Waals surface area contributed by atoms with Crippen LogP contribution in [0.15, 0.2) is 86.5 Å². The van der Waals surface area contributed by atoms with E-state index in [1.54, 1.807) is 48.5 Å². The van der Waals surface area contributed by atoms with Gasteiger partial charge in [0, 0.05) is 15.6 Å². The van der Waals surface area contributed by atoms with Gasteiger partial charge in [-0.25, -0.2) is 5.43 Å². The molecule has 0 spiro atoms. The third-order valence-corrected chi connectivity index (χ3v) is 4.41. The van der Waals surface area contributed by atoms with Gasteiger partial charge in [-0.3, -0.25) is 4.79 Å². The Morgan fingerprint density at radius 1 is 1.04 bits per heavy atom. The van der Waals surface area contributed by atoms with E-state index >= 15 is 0 Å². The molecule has 0 aliphatic heterocycles. The lowest BCUT2D eigenvalue weighted by Gasteiger charge is -2.02. The number of carbonyl (C=O) groups excluding carboxylic acids is 1. The Kier molecular flexibility index (Phi) is 6.52. The highest BCUT2D eigenvalue weighted by Crippen LogP contribution is 2.27. The Hall–Kier alpha value is -3.03. The Morgan fingerprint density at radius 2 is 1.86 bits per heavy atom. The van der Waals surface area contributed by atoms with E-state index in [1.807, 2.05) is 12.1 Å². The van der Waals surface area contributed by atoms with Gasteiger partial charge in [0.15, 0.2) is 0 Å². The minimum Gasteiger partial charge on any atom is -0.507 e. The number of carbonyl (C=O) groups is 1. The fourth-order valence-electron chi connectivity index (χ4n) is 2.21. The van der Waals surface area contributed by atoms with Gasteiger partial charge >= 0.3 is 0 Å². The molecule has 2 N–H and O–H groups in total. The van der Waals surface area contributed by atoms with Crippen LogP contribution in [-0.4, -0.2) is 17.2 Å². The smallest absolute Gasteiger partial charge is 0.271 e. The molecule has 0 radical (unpaired) electrons. The molecule has 0 saturated carbocycles. The van der Waals surface area contributed by atoms with E-state index in [0.29, 0.717) is 27.5 Å². The number of rotatable bonds is 5. The first-order valence-electron chi connectivity index (χ1n) is 8.11. The maximum Gasteiger partial charge on any atom is 0.271 e.